The summed E-state index contributed by atoms with van der Waals surface area (Å²) in [6.07, 6.45) is 3.25. The molecule has 0 aliphatic carbocycles. The number of carbonyl (C=O) groups is 1. The monoisotopic (exact) mass is 348 g/mol. The number of hydrogen-bond acceptors (Lipinski definition) is 3. The Hall–Kier alpha value is -1.67. The molecule has 0 spiro atoms. The molecule has 0 bridgehead atoms. The van der Waals surface area contributed by atoms with E-state index in [1.165, 1.54) is 0 Å². The largest absolute Gasteiger partial charge is 0.395 e. The second kappa shape index (κ2) is 8.43. The van der Waals surface area contributed by atoms with E-state index in [1.54, 1.807) is 0 Å². The van der Waals surface area contributed by atoms with Crippen LogP contribution in [0.25, 0.3) is 0 Å². The van der Waals surface area contributed by atoms with Gasteiger partial charge >= 0.3 is 0 Å². The molecule has 0 radical (unpaired) electrons. The van der Waals surface area contributed by atoms with Crippen LogP contribution in [0, 0.1) is 23.3 Å². The second-order valence-electron chi connectivity index (χ2n) is 5.82. The maximum absolute atomic E-state index is 13.5. The fourth-order valence-corrected chi connectivity index (χ4v) is 2.90. The lowest BCUT2D eigenvalue weighted by atomic mass is 10.1. The third-order valence-electron chi connectivity index (χ3n) is 4.21. The molecule has 134 valence electrons. The van der Waals surface area contributed by atoms with Crippen molar-refractivity contribution >= 4 is 5.91 Å². The smallest absolute Gasteiger partial charge is 0.257 e. The molecule has 24 heavy (non-hydrogen) atoms. The van der Waals surface area contributed by atoms with Crippen LogP contribution in [0.2, 0.25) is 0 Å². The van der Waals surface area contributed by atoms with E-state index >= 15 is 0 Å². The van der Waals surface area contributed by atoms with Crippen LogP contribution in [0.1, 0.15) is 36.0 Å². The van der Waals surface area contributed by atoms with E-state index in [0.29, 0.717) is 6.42 Å². The van der Waals surface area contributed by atoms with E-state index in [1.807, 2.05) is 0 Å². The van der Waals surface area contributed by atoms with Crippen molar-refractivity contribution in [2.24, 2.45) is 0 Å². The Labute approximate surface area is 137 Å². The second-order valence-corrected chi connectivity index (χ2v) is 5.82. The predicted octanol–water partition coefficient (Wildman–Crippen LogP) is 2.21. The molecule has 2 rings (SSSR count). The normalized spacial score (nSPS) is 18.1. The minimum Gasteiger partial charge on any atom is -0.395 e. The highest BCUT2D eigenvalue weighted by Gasteiger charge is 2.25. The Morgan fingerprint density at radius 2 is 1.88 bits per heavy atom. The molecule has 8 heteroatoms. The van der Waals surface area contributed by atoms with Gasteiger partial charge in [-0.1, -0.05) is 0 Å². The number of aliphatic hydroxyl groups is 1. The Balaban J connectivity index is 1.80. The van der Waals surface area contributed by atoms with Gasteiger partial charge in [0.1, 0.15) is 5.56 Å². The van der Waals surface area contributed by atoms with Crippen molar-refractivity contribution in [3.8, 4) is 0 Å². The van der Waals surface area contributed by atoms with Crippen molar-refractivity contribution in [1.82, 2.24) is 10.2 Å². The van der Waals surface area contributed by atoms with Crippen molar-refractivity contribution in [3.63, 3.8) is 0 Å². The topological polar surface area (TPSA) is 52.6 Å². The first-order valence-electron chi connectivity index (χ1n) is 7.91. The van der Waals surface area contributed by atoms with Gasteiger partial charge in [-0.2, -0.15) is 0 Å². The number of hydrogen-bond donors (Lipinski definition) is 2. The summed E-state index contributed by atoms with van der Waals surface area (Å²) in [4.78, 5) is 13.9. The predicted molar refractivity (Wildman–Crippen MR) is 79.5 cm³/mol. The summed E-state index contributed by atoms with van der Waals surface area (Å²) in [6, 6.07) is 0.229. The lowest BCUT2D eigenvalue weighted by Crippen LogP contribution is -2.33. The highest BCUT2D eigenvalue weighted by Crippen LogP contribution is 2.19. The SMILES string of the molecule is O=C(NCCCCN1CCCC1CO)c1c(F)c(F)cc(F)c1F. The molecular weight excluding hydrogens is 328 g/mol. The fourth-order valence-electron chi connectivity index (χ4n) is 2.90. The summed E-state index contributed by atoms with van der Waals surface area (Å²) in [6.45, 7) is 1.91. The van der Waals surface area contributed by atoms with Crippen LogP contribution in [0.4, 0.5) is 17.6 Å². The zero-order valence-corrected chi connectivity index (χ0v) is 13.1. The molecule has 2 N–H and O–H groups in total. The first-order valence-corrected chi connectivity index (χ1v) is 7.91. The van der Waals surface area contributed by atoms with Gasteiger partial charge in [-0.25, -0.2) is 17.6 Å². The van der Waals surface area contributed by atoms with Gasteiger partial charge in [-0.3, -0.25) is 9.69 Å². The summed E-state index contributed by atoms with van der Waals surface area (Å²) in [5.74, 6) is -7.80. The molecule has 1 heterocycles. The van der Waals surface area contributed by atoms with E-state index in [0.717, 1.165) is 32.4 Å². The van der Waals surface area contributed by atoms with Crippen molar-refractivity contribution in [1.29, 1.82) is 0 Å². The highest BCUT2D eigenvalue weighted by atomic mass is 19.2. The molecule has 1 aromatic rings. The highest BCUT2D eigenvalue weighted by molar-refractivity contribution is 5.94. The van der Waals surface area contributed by atoms with Gasteiger partial charge in [0, 0.05) is 18.7 Å². The van der Waals surface area contributed by atoms with Gasteiger partial charge in [0.05, 0.1) is 6.61 Å². The molecule has 0 saturated carbocycles. The first kappa shape index (κ1) is 18.7. The summed E-state index contributed by atoms with van der Waals surface area (Å²) in [5.41, 5.74) is -1.24. The molecule has 4 nitrogen and oxygen atoms in total. The van der Waals surface area contributed by atoms with Crippen molar-refractivity contribution in [2.75, 3.05) is 26.2 Å². The third-order valence-corrected chi connectivity index (χ3v) is 4.21. The fraction of sp³-hybridized carbons (Fsp3) is 0.562. The number of nitrogens with zero attached hydrogens (tertiary/aromatic N) is 1. The standard InChI is InChI=1S/C16H20F4N2O2/c17-11-8-12(18)15(20)13(14(11)19)16(24)21-5-1-2-6-22-7-3-4-10(22)9-23/h8,10,23H,1-7,9H2,(H,21,24). The van der Waals surface area contributed by atoms with Gasteiger partial charge in [0.25, 0.3) is 5.91 Å². The van der Waals surface area contributed by atoms with Crippen molar-refractivity contribution in [3.05, 3.63) is 34.9 Å². The lowest BCUT2D eigenvalue weighted by molar-refractivity contribution is 0.0941. The summed E-state index contributed by atoms with van der Waals surface area (Å²) < 4.78 is 53.1. The molecule has 0 aromatic heterocycles. The Bertz CT molecular complexity index is 572. The van der Waals surface area contributed by atoms with E-state index < -0.39 is 34.7 Å². The number of unbranched alkanes of at least 4 members (excludes halogenated alkanes) is 1. The Morgan fingerprint density at radius 3 is 2.50 bits per heavy atom. The number of rotatable bonds is 7. The molecule has 1 unspecified atom stereocenters. The number of halogens is 4. The molecule has 1 aliphatic rings. The van der Waals surface area contributed by atoms with Crippen LogP contribution in [0.15, 0.2) is 6.07 Å². The molecule has 1 fully saturated rings. The molecule has 1 saturated heterocycles. The van der Waals surface area contributed by atoms with Gasteiger partial charge in [0.15, 0.2) is 23.3 Å². The van der Waals surface area contributed by atoms with Gasteiger partial charge in [0.2, 0.25) is 0 Å². The lowest BCUT2D eigenvalue weighted by Gasteiger charge is -2.22. The quantitative estimate of drug-likeness (QED) is 0.451. The summed E-state index contributed by atoms with van der Waals surface area (Å²) >= 11 is 0. The van der Waals surface area contributed by atoms with Crippen LogP contribution in [0.5, 0.6) is 0 Å². The van der Waals surface area contributed by atoms with Gasteiger partial charge in [-0.05, 0) is 38.8 Å². The molecule has 1 atom stereocenters. The van der Waals surface area contributed by atoms with Crippen LogP contribution in [-0.2, 0) is 0 Å². The summed E-state index contributed by atoms with van der Waals surface area (Å²) in [5, 5.41) is 11.5. The van der Waals surface area contributed by atoms with Crippen molar-refractivity contribution < 1.29 is 27.5 Å². The minimum atomic E-state index is -1.70. The van der Waals surface area contributed by atoms with E-state index in [9.17, 15) is 27.5 Å². The molecular formula is C16H20F4N2O2. The van der Waals surface area contributed by atoms with Gasteiger partial charge < -0.3 is 10.4 Å². The molecule has 1 amide bonds. The number of benzene rings is 1. The minimum absolute atomic E-state index is 0.0646. The molecule has 1 aromatic carbocycles. The summed E-state index contributed by atoms with van der Waals surface area (Å²) in [7, 11) is 0. The first-order chi connectivity index (χ1) is 11.5. The van der Waals surface area contributed by atoms with E-state index in [2.05, 4.69) is 10.2 Å². The zero-order valence-electron chi connectivity index (χ0n) is 13.1. The van der Waals surface area contributed by atoms with Crippen LogP contribution >= 0.6 is 0 Å². The third kappa shape index (κ3) is 4.24. The number of amides is 1. The number of nitrogens with one attached hydrogen (secondary N) is 1. The van der Waals surface area contributed by atoms with Crippen LogP contribution in [-0.4, -0.2) is 48.2 Å². The number of aliphatic hydroxyl groups excluding tert-OH is 1. The average molecular weight is 348 g/mol. The number of likely N-dealkylation sites (tertiary alicyclic amines) is 1. The van der Waals surface area contributed by atoms with Crippen molar-refractivity contribution in [2.45, 2.75) is 31.7 Å². The van der Waals surface area contributed by atoms with E-state index in [4.69, 9.17) is 0 Å². The zero-order chi connectivity index (χ0) is 17.7. The molecule has 1 aliphatic heterocycles. The Morgan fingerprint density at radius 1 is 1.21 bits per heavy atom. The maximum atomic E-state index is 13.5. The van der Waals surface area contributed by atoms with Gasteiger partial charge in [-0.15, -0.1) is 0 Å². The van der Waals surface area contributed by atoms with E-state index in [-0.39, 0.29) is 25.3 Å². The maximum Gasteiger partial charge on any atom is 0.257 e. The van der Waals surface area contributed by atoms with Crippen LogP contribution in [0.3, 0.4) is 0 Å². The van der Waals surface area contributed by atoms with Crippen LogP contribution < -0.4 is 5.32 Å². The number of carbonyl (C=O) groups excluding carboxylic acids is 1. The Kier molecular flexibility index (Phi) is 6.56. The average Bonchev–Trinajstić information content (AvgIpc) is 3.00.